The normalized spacial score (nSPS) is 15.5. The van der Waals surface area contributed by atoms with E-state index in [9.17, 15) is 0 Å². The van der Waals surface area contributed by atoms with Gasteiger partial charge in [-0.2, -0.15) is 5.26 Å². The van der Waals surface area contributed by atoms with Crippen molar-refractivity contribution >= 4 is 11.5 Å². The van der Waals surface area contributed by atoms with Gasteiger partial charge in [-0.15, -0.1) is 0 Å². The number of hydrogen-bond acceptors (Lipinski definition) is 5. The highest BCUT2D eigenvalue weighted by atomic mass is 15.2. The van der Waals surface area contributed by atoms with E-state index in [1.54, 1.807) is 12.4 Å². The number of piperidine rings is 1. The summed E-state index contributed by atoms with van der Waals surface area (Å²) in [5, 5.41) is 12.4. The molecule has 0 radical (unpaired) electrons. The maximum Gasteiger partial charge on any atom is 0.182 e. The molecule has 0 spiro atoms. The Kier molecular flexibility index (Phi) is 3.97. The summed E-state index contributed by atoms with van der Waals surface area (Å²) in [5.41, 5.74) is 1.64. The summed E-state index contributed by atoms with van der Waals surface area (Å²) in [7, 11) is 0. The van der Waals surface area contributed by atoms with E-state index in [4.69, 9.17) is 5.26 Å². The van der Waals surface area contributed by atoms with Gasteiger partial charge in [0.05, 0.1) is 0 Å². The molecule has 1 N–H and O–H groups in total. The smallest absolute Gasteiger partial charge is 0.182 e. The number of nitriles is 1. The minimum absolute atomic E-state index is 0.341. The van der Waals surface area contributed by atoms with Gasteiger partial charge in [0.2, 0.25) is 0 Å². The first-order chi connectivity index (χ1) is 10.4. The van der Waals surface area contributed by atoms with Gasteiger partial charge in [0.1, 0.15) is 6.07 Å². The third-order valence-electron chi connectivity index (χ3n) is 3.76. The van der Waals surface area contributed by atoms with Crippen molar-refractivity contribution in [3.8, 4) is 6.07 Å². The number of anilines is 2. The molecule has 0 atom stereocenters. The molecule has 1 fully saturated rings. The van der Waals surface area contributed by atoms with Crippen molar-refractivity contribution in [3.63, 3.8) is 0 Å². The van der Waals surface area contributed by atoms with Crippen molar-refractivity contribution in [2.45, 2.75) is 18.9 Å². The van der Waals surface area contributed by atoms with Gasteiger partial charge in [-0.3, -0.25) is 0 Å². The molecule has 1 aromatic carbocycles. The molecule has 0 bridgehead atoms. The predicted octanol–water partition coefficient (Wildman–Crippen LogP) is 2.43. The summed E-state index contributed by atoms with van der Waals surface area (Å²) in [4.78, 5) is 10.6. The summed E-state index contributed by atoms with van der Waals surface area (Å²) in [5.74, 6) is 0.596. The molecule has 0 amide bonds. The average molecular weight is 279 g/mol. The monoisotopic (exact) mass is 279 g/mol. The second-order valence-electron chi connectivity index (χ2n) is 5.11. The van der Waals surface area contributed by atoms with E-state index in [0.29, 0.717) is 17.6 Å². The molecule has 0 saturated carbocycles. The molecule has 0 unspecified atom stereocenters. The summed E-state index contributed by atoms with van der Waals surface area (Å²) in [6.45, 7) is 2.01. The SMILES string of the molecule is N#Cc1nccnc1NC1CCN(c2ccccc2)CC1. The van der Waals surface area contributed by atoms with Crippen LogP contribution in [0.25, 0.3) is 0 Å². The van der Waals surface area contributed by atoms with E-state index in [-0.39, 0.29) is 0 Å². The second-order valence-corrected chi connectivity index (χ2v) is 5.11. The van der Waals surface area contributed by atoms with Crippen molar-refractivity contribution in [1.29, 1.82) is 5.26 Å². The van der Waals surface area contributed by atoms with E-state index >= 15 is 0 Å². The minimum atomic E-state index is 0.341. The van der Waals surface area contributed by atoms with Crippen molar-refractivity contribution < 1.29 is 0 Å². The number of nitrogens with one attached hydrogen (secondary N) is 1. The fourth-order valence-corrected chi connectivity index (χ4v) is 2.64. The van der Waals surface area contributed by atoms with Crippen LogP contribution in [0.4, 0.5) is 11.5 Å². The largest absolute Gasteiger partial charge is 0.371 e. The molecule has 106 valence electrons. The van der Waals surface area contributed by atoms with Gasteiger partial charge < -0.3 is 10.2 Å². The Labute approximate surface area is 124 Å². The Hall–Kier alpha value is -2.61. The molecule has 5 heteroatoms. The maximum atomic E-state index is 9.04. The fraction of sp³-hybridized carbons (Fsp3) is 0.312. The van der Waals surface area contributed by atoms with Crippen LogP contribution in [0.2, 0.25) is 0 Å². The molecule has 1 saturated heterocycles. The number of para-hydroxylation sites is 1. The lowest BCUT2D eigenvalue weighted by Gasteiger charge is -2.34. The third kappa shape index (κ3) is 3.11. The van der Waals surface area contributed by atoms with Gasteiger partial charge in [-0.05, 0) is 25.0 Å². The molecular formula is C16H17N5. The molecule has 2 aromatic rings. The van der Waals surface area contributed by atoms with Crippen LogP contribution in [0.3, 0.4) is 0 Å². The van der Waals surface area contributed by atoms with Crippen LogP contribution in [0.15, 0.2) is 42.7 Å². The number of hydrogen-bond donors (Lipinski definition) is 1. The Morgan fingerprint density at radius 3 is 2.52 bits per heavy atom. The summed E-state index contributed by atoms with van der Waals surface area (Å²) >= 11 is 0. The van der Waals surface area contributed by atoms with Gasteiger partial charge in [0.25, 0.3) is 0 Å². The average Bonchev–Trinajstić information content (AvgIpc) is 2.57. The standard InChI is InChI=1S/C16H17N5/c17-12-15-16(19-9-8-18-15)20-13-6-10-21(11-7-13)14-4-2-1-3-5-14/h1-5,8-9,13H,6-7,10-11H2,(H,19,20). The van der Waals surface area contributed by atoms with Crippen LogP contribution in [0.1, 0.15) is 18.5 Å². The minimum Gasteiger partial charge on any atom is -0.371 e. The van der Waals surface area contributed by atoms with Crippen LogP contribution < -0.4 is 10.2 Å². The first kappa shape index (κ1) is 13.4. The lowest BCUT2D eigenvalue weighted by molar-refractivity contribution is 0.525. The number of benzene rings is 1. The fourth-order valence-electron chi connectivity index (χ4n) is 2.64. The zero-order valence-corrected chi connectivity index (χ0v) is 11.7. The molecule has 2 heterocycles. The molecule has 21 heavy (non-hydrogen) atoms. The van der Waals surface area contributed by atoms with Crippen molar-refractivity contribution in [1.82, 2.24) is 9.97 Å². The zero-order chi connectivity index (χ0) is 14.5. The van der Waals surface area contributed by atoms with Crippen LogP contribution >= 0.6 is 0 Å². The number of nitrogens with zero attached hydrogens (tertiary/aromatic N) is 4. The summed E-state index contributed by atoms with van der Waals surface area (Å²) in [6.07, 6.45) is 5.21. The molecule has 1 aliphatic heterocycles. The van der Waals surface area contributed by atoms with Crippen LogP contribution in [0, 0.1) is 11.3 Å². The summed E-state index contributed by atoms with van der Waals surface area (Å²) < 4.78 is 0. The highest BCUT2D eigenvalue weighted by Gasteiger charge is 2.20. The van der Waals surface area contributed by atoms with E-state index in [1.807, 2.05) is 6.07 Å². The van der Waals surface area contributed by atoms with Crippen LogP contribution in [-0.2, 0) is 0 Å². The second kappa shape index (κ2) is 6.23. The van der Waals surface area contributed by atoms with E-state index in [1.165, 1.54) is 5.69 Å². The lowest BCUT2D eigenvalue weighted by Crippen LogP contribution is -2.39. The lowest BCUT2D eigenvalue weighted by atomic mass is 10.0. The predicted molar refractivity (Wildman–Crippen MR) is 82.0 cm³/mol. The zero-order valence-electron chi connectivity index (χ0n) is 11.7. The van der Waals surface area contributed by atoms with Crippen molar-refractivity contribution in [2.24, 2.45) is 0 Å². The Morgan fingerprint density at radius 1 is 1.10 bits per heavy atom. The maximum absolute atomic E-state index is 9.04. The van der Waals surface area contributed by atoms with Gasteiger partial charge >= 0.3 is 0 Å². The molecule has 0 aliphatic carbocycles. The van der Waals surface area contributed by atoms with E-state index in [0.717, 1.165) is 25.9 Å². The first-order valence-corrected chi connectivity index (χ1v) is 7.14. The van der Waals surface area contributed by atoms with Crippen LogP contribution in [-0.4, -0.2) is 29.1 Å². The van der Waals surface area contributed by atoms with E-state index < -0.39 is 0 Å². The van der Waals surface area contributed by atoms with E-state index in [2.05, 4.69) is 50.5 Å². The van der Waals surface area contributed by atoms with Gasteiger partial charge in [0, 0.05) is 37.2 Å². The van der Waals surface area contributed by atoms with Gasteiger partial charge in [0.15, 0.2) is 11.5 Å². The third-order valence-corrected chi connectivity index (χ3v) is 3.76. The number of aromatic nitrogens is 2. The van der Waals surface area contributed by atoms with Gasteiger partial charge in [-0.25, -0.2) is 9.97 Å². The molecule has 1 aliphatic rings. The molecule has 5 nitrogen and oxygen atoms in total. The molecule has 1 aromatic heterocycles. The first-order valence-electron chi connectivity index (χ1n) is 7.14. The summed E-state index contributed by atoms with van der Waals surface area (Å²) in [6, 6.07) is 12.9. The van der Waals surface area contributed by atoms with Gasteiger partial charge in [-0.1, -0.05) is 18.2 Å². The molecule has 3 rings (SSSR count). The van der Waals surface area contributed by atoms with Crippen molar-refractivity contribution in [2.75, 3.05) is 23.3 Å². The Bertz CT molecular complexity index is 627. The Balaban J connectivity index is 1.60. The highest BCUT2D eigenvalue weighted by molar-refractivity contribution is 5.49. The molecular weight excluding hydrogens is 262 g/mol. The Morgan fingerprint density at radius 2 is 1.81 bits per heavy atom. The highest BCUT2D eigenvalue weighted by Crippen LogP contribution is 2.21. The van der Waals surface area contributed by atoms with Crippen LogP contribution in [0.5, 0.6) is 0 Å². The topological polar surface area (TPSA) is 64.8 Å². The number of rotatable bonds is 3. The van der Waals surface area contributed by atoms with Crippen molar-refractivity contribution in [3.05, 3.63) is 48.4 Å². The quantitative estimate of drug-likeness (QED) is 0.934.